The number of nitrogens with zero attached hydrogens (tertiary/aromatic N) is 1. The maximum atomic E-state index is 9.25. The minimum atomic E-state index is -0.323. The number of furan rings is 1. The van der Waals surface area contributed by atoms with Crippen molar-refractivity contribution in [2.75, 3.05) is 0 Å². The van der Waals surface area contributed by atoms with Gasteiger partial charge in [0.1, 0.15) is 5.76 Å². The van der Waals surface area contributed by atoms with E-state index in [0.29, 0.717) is 6.42 Å². The Morgan fingerprint density at radius 2 is 2.33 bits per heavy atom. The van der Waals surface area contributed by atoms with Gasteiger partial charge in [-0.25, -0.2) is 4.98 Å². The lowest BCUT2D eigenvalue weighted by molar-refractivity contribution is 0.196. The summed E-state index contributed by atoms with van der Waals surface area (Å²) in [5.74, 6) is 1.69. The molecule has 3 nitrogen and oxygen atoms in total. The molecule has 0 aliphatic carbocycles. The van der Waals surface area contributed by atoms with Gasteiger partial charge in [-0.1, -0.05) is 0 Å². The number of aryl methyl sites for hydroxylation is 1. The first-order valence-corrected chi connectivity index (χ1v) is 5.66. The van der Waals surface area contributed by atoms with Gasteiger partial charge in [0.2, 0.25) is 0 Å². The van der Waals surface area contributed by atoms with Crippen LogP contribution in [0.15, 0.2) is 22.7 Å². The number of hydrogen-bond donors (Lipinski definition) is 1. The molecular weight excluding hydrogens is 210 g/mol. The minimum Gasteiger partial charge on any atom is -0.459 e. The monoisotopic (exact) mass is 223 g/mol. The van der Waals surface area contributed by atoms with E-state index in [9.17, 15) is 5.11 Å². The van der Waals surface area contributed by atoms with Gasteiger partial charge >= 0.3 is 0 Å². The number of aromatic nitrogens is 1. The van der Waals surface area contributed by atoms with Crippen LogP contribution in [0.5, 0.6) is 0 Å². The van der Waals surface area contributed by atoms with Gasteiger partial charge in [0.05, 0.1) is 6.10 Å². The lowest BCUT2D eigenvalue weighted by Gasteiger charge is -1.97. The van der Waals surface area contributed by atoms with Crippen molar-refractivity contribution in [3.05, 3.63) is 29.0 Å². The number of rotatable bonds is 3. The van der Waals surface area contributed by atoms with Crippen molar-refractivity contribution in [3.8, 4) is 10.8 Å². The molecule has 0 aliphatic heterocycles. The molecule has 1 atom stereocenters. The summed E-state index contributed by atoms with van der Waals surface area (Å²) in [4.78, 5) is 5.34. The lowest BCUT2D eigenvalue weighted by atomic mass is 10.3. The first-order chi connectivity index (χ1) is 7.15. The topological polar surface area (TPSA) is 46.3 Å². The van der Waals surface area contributed by atoms with Crippen LogP contribution in [-0.2, 0) is 6.42 Å². The summed E-state index contributed by atoms with van der Waals surface area (Å²) in [5, 5.41) is 10.1. The molecule has 0 aliphatic rings. The fourth-order valence-corrected chi connectivity index (χ4v) is 2.35. The molecule has 0 amide bonds. The first kappa shape index (κ1) is 10.4. The Morgan fingerprint density at radius 3 is 2.93 bits per heavy atom. The molecule has 2 aromatic rings. The predicted molar refractivity (Wildman–Crippen MR) is 59.9 cm³/mol. The quantitative estimate of drug-likeness (QED) is 0.870. The Kier molecular flexibility index (Phi) is 2.88. The van der Waals surface area contributed by atoms with Crippen molar-refractivity contribution in [2.24, 2.45) is 0 Å². The summed E-state index contributed by atoms with van der Waals surface area (Å²) in [6.07, 6.45) is 2.12. The highest BCUT2D eigenvalue weighted by Crippen LogP contribution is 2.27. The van der Waals surface area contributed by atoms with Crippen LogP contribution >= 0.6 is 11.3 Å². The summed E-state index contributed by atoms with van der Waals surface area (Å²) < 4.78 is 5.47. The van der Waals surface area contributed by atoms with Crippen molar-refractivity contribution < 1.29 is 9.52 Å². The van der Waals surface area contributed by atoms with E-state index in [1.165, 1.54) is 0 Å². The summed E-state index contributed by atoms with van der Waals surface area (Å²) in [5.41, 5.74) is 0. The number of aliphatic hydroxyl groups excluding tert-OH is 1. The molecule has 1 unspecified atom stereocenters. The van der Waals surface area contributed by atoms with Crippen LogP contribution in [0.2, 0.25) is 0 Å². The van der Waals surface area contributed by atoms with Gasteiger partial charge < -0.3 is 9.52 Å². The molecule has 1 N–H and O–H groups in total. The normalized spacial score (nSPS) is 13.0. The summed E-state index contributed by atoms with van der Waals surface area (Å²) in [6.45, 7) is 3.68. The molecule has 80 valence electrons. The predicted octanol–water partition coefficient (Wildman–Crippen LogP) is 2.63. The van der Waals surface area contributed by atoms with Gasteiger partial charge in [0.15, 0.2) is 10.8 Å². The Balaban J connectivity index is 2.20. The van der Waals surface area contributed by atoms with E-state index in [1.54, 1.807) is 24.5 Å². The molecule has 0 spiro atoms. The highest BCUT2D eigenvalue weighted by molar-refractivity contribution is 7.14. The molecule has 2 aromatic heterocycles. The third-order valence-electron chi connectivity index (χ3n) is 2.00. The molecule has 0 aromatic carbocycles. The Labute approximate surface area is 92.4 Å². The average Bonchev–Trinajstić information content (AvgIpc) is 2.72. The van der Waals surface area contributed by atoms with Crippen LogP contribution in [0.1, 0.15) is 17.6 Å². The third kappa shape index (κ3) is 2.46. The van der Waals surface area contributed by atoms with Crippen molar-refractivity contribution in [3.63, 3.8) is 0 Å². The van der Waals surface area contributed by atoms with E-state index >= 15 is 0 Å². The second kappa shape index (κ2) is 4.16. The fraction of sp³-hybridized carbons (Fsp3) is 0.364. The SMILES string of the molecule is Cc1ccc(-c2ncc(CC(C)O)s2)o1. The molecule has 15 heavy (non-hydrogen) atoms. The van der Waals surface area contributed by atoms with Crippen LogP contribution in [0.25, 0.3) is 10.8 Å². The lowest BCUT2D eigenvalue weighted by Crippen LogP contribution is -2.01. The van der Waals surface area contributed by atoms with E-state index < -0.39 is 0 Å². The van der Waals surface area contributed by atoms with Gasteiger partial charge in [0.25, 0.3) is 0 Å². The molecular formula is C11H13NO2S. The zero-order valence-electron chi connectivity index (χ0n) is 8.73. The largest absolute Gasteiger partial charge is 0.459 e. The highest BCUT2D eigenvalue weighted by Gasteiger charge is 2.09. The second-order valence-electron chi connectivity index (χ2n) is 3.60. The standard InChI is InChI=1S/C11H13NO2S/c1-7(13)5-9-6-12-11(15-9)10-4-3-8(2)14-10/h3-4,6-7,13H,5H2,1-2H3. The van der Waals surface area contributed by atoms with Crippen LogP contribution in [0.4, 0.5) is 0 Å². The maximum Gasteiger partial charge on any atom is 0.162 e. The van der Waals surface area contributed by atoms with Gasteiger partial charge in [0, 0.05) is 17.5 Å². The molecule has 0 radical (unpaired) electrons. The van der Waals surface area contributed by atoms with E-state index in [-0.39, 0.29) is 6.10 Å². The minimum absolute atomic E-state index is 0.323. The van der Waals surface area contributed by atoms with Crippen molar-refractivity contribution in [1.29, 1.82) is 0 Å². The van der Waals surface area contributed by atoms with E-state index in [2.05, 4.69) is 4.98 Å². The van der Waals surface area contributed by atoms with Gasteiger partial charge in [-0.3, -0.25) is 0 Å². The summed E-state index contributed by atoms with van der Waals surface area (Å²) in [6, 6.07) is 3.84. The van der Waals surface area contributed by atoms with E-state index in [4.69, 9.17) is 4.42 Å². The highest BCUT2D eigenvalue weighted by atomic mass is 32.1. The number of thiazole rings is 1. The molecule has 2 heterocycles. The van der Waals surface area contributed by atoms with Crippen LogP contribution in [0.3, 0.4) is 0 Å². The van der Waals surface area contributed by atoms with Crippen molar-refractivity contribution >= 4 is 11.3 Å². The zero-order valence-corrected chi connectivity index (χ0v) is 9.54. The zero-order chi connectivity index (χ0) is 10.8. The van der Waals surface area contributed by atoms with Gasteiger partial charge in [-0.2, -0.15) is 0 Å². The van der Waals surface area contributed by atoms with Crippen LogP contribution in [0, 0.1) is 6.92 Å². The van der Waals surface area contributed by atoms with Gasteiger partial charge in [-0.05, 0) is 26.0 Å². The number of aliphatic hydroxyl groups is 1. The summed E-state index contributed by atoms with van der Waals surface area (Å²) in [7, 11) is 0. The fourth-order valence-electron chi connectivity index (χ4n) is 1.36. The molecule has 0 bridgehead atoms. The first-order valence-electron chi connectivity index (χ1n) is 4.85. The average molecular weight is 223 g/mol. The third-order valence-corrected chi connectivity index (χ3v) is 3.04. The number of hydrogen-bond acceptors (Lipinski definition) is 4. The Hall–Kier alpha value is -1.13. The van der Waals surface area contributed by atoms with Gasteiger partial charge in [-0.15, -0.1) is 11.3 Å². The van der Waals surface area contributed by atoms with Crippen molar-refractivity contribution in [2.45, 2.75) is 26.4 Å². The smallest absolute Gasteiger partial charge is 0.162 e. The molecule has 0 saturated carbocycles. The summed E-state index contributed by atoms with van der Waals surface area (Å²) >= 11 is 1.56. The van der Waals surface area contributed by atoms with E-state index in [0.717, 1.165) is 21.4 Å². The molecule has 0 fully saturated rings. The Bertz CT molecular complexity index is 445. The molecule has 4 heteroatoms. The van der Waals surface area contributed by atoms with E-state index in [1.807, 2.05) is 19.1 Å². The molecule has 0 saturated heterocycles. The molecule has 2 rings (SSSR count). The maximum absolute atomic E-state index is 9.25. The van der Waals surface area contributed by atoms with Crippen molar-refractivity contribution in [1.82, 2.24) is 4.98 Å². The van der Waals surface area contributed by atoms with Crippen LogP contribution < -0.4 is 0 Å². The van der Waals surface area contributed by atoms with Crippen LogP contribution in [-0.4, -0.2) is 16.2 Å². The Morgan fingerprint density at radius 1 is 1.53 bits per heavy atom. The second-order valence-corrected chi connectivity index (χ2v) is 4.71.